The molecular weight excluding hydrogens is 265 g/mol. The first-order valence-corrected chi connectivity index (χ1v) is 5.07. The smallest absolute Gasteiger partial charge is 0.325 e. The third kappa shape index (κ3) is 2.76. The lowest BCUT2D eigenvalue weighted by Gasteiger charge is -2.20. The van der Waals surface area contributed by atoms with E-state index in [1.54, 1.807) is 14.1 Å². The van der Waals surface area contributed by atoms with Gasteiger partial charge in [0, 0.05) is 10.0 Å². The molecule has 0 spiro atoms. The van der Waals surface area contributed by atoms with E-state index in [1.807, 2.05) is 0 Å². The monoisotopic (exact) mass is 275 g/mol. The highest BCUT2D eigenvalue weighted by Gasteiger charge is 2.25. The molecule has 1 rings (SSSR count). The molecule has 0 fully saturated rings. The van der Waals surface area contributed by atoms with Crippen LogP contribution in [0.4, 0.5) is 4.39 Å². The van der Waals surface area contributed by atoms with Gasteiger partial charge in [0.05, 0.1) is 0 Å². The molecule has 0 aliphatic rings. The standard InChI is InChI=1S/C10H11BrFNO2/c1-13(2)9(10(14)15)7-5-6(11)3-4-8(7)12/h3-5,9H,1-2H3,(H,14,15). The predicted octanol–water partition coefficient (Wildman–Crippen LogP) is 2.28. The van der Waals surface area contributed by atoms with E-state index in [0.29, 0.717) is 4.47 Å². The van der Waals surface area contributed by atoms with E-state index in [4.69, 9.17) is 5.11 Å². The summed E-state index contributed by atoms with van der Waals surface area (Å²) in [5, 5.41) is 8.99. The number of hydrogen-bond acceptors (Lipinski definition) is 2. The molecule has 0 heterocycles. The Labute approximate surface area is 95.6 Å². The maximum Gasteiger partial charge on any atom is 0.325 e. The van der Waals surface area contributed by atoms with Crippen LogP contribution in [0.2, 0.25) is 0 Å². The van der Waals surface area contributed by atoms with E-state index in [0.717, 1.165) is 0 Å². The van der Waals surface area contributed by atoms with Crippen molar-refractivity contribution < 1.29 is 14.3 Å². The van der Waals surface area contributed by atoms with Crippen LogP contribution in [-0.4, -0.2) is 30.1 Å². The van der Waals surface area contributed by atoms with Gasteiger partial charge >= 0.3 is 5.97 Å². The number of carboxylic acid groups (broad SMARTS) is 1. The molecule has 1 unspecified atom stereocenters. The van der Waals surface area contributed by atoms with Gasteiger partial charge in [-0.15, -0.1) is 0 Å². The Balaban J connectivity index is 3.22. The SMILES string of the molecule is CN(C)C(C(=O)O)c1cc(Br)ccc1F. The molecule has 0 aromatic heterocycles. The highest BCUT2D eigenvalue weighted by Crippen LogP contribution is 2.24. The van der Waals surface area contributed by atoms with Crippen LogP contribution in [0, 0.1) is 5.82 Å². The fraction of sp³-hybridized carbons (Fsp3) is 0.300. The second-order valence-corrected chi connectivity index (χ2v) is 4.29. The number of rotatable bonds is 3. The number of nitrogens with zero attached hydrogens (tertiary/aromatic N) is 1. The zero-order valence-electron chi connectivity index (χ0n) is 8.37. The lowest BCUT2D eigenvalue weighted by Crippen LogP contribution is -2.28. The van der Waals surface area contributed by atoms with Gasteiger partial charge in [0.15, 0.2) is 0 Å². The maximum atomic E-state index is 13.4. The normalized spacial score (nSPS) is 12.9. The van der Waals surface area contributed by atoms with Crippen molar-refractivity contribution in [2.75, 3.05) is 14.1 Å². The molecule has 15 heavy (non-hydrogen) atoms. The summed E-state index contributed by atoms with van der Waals surface area (Å²) in [4.78, 5) is 12.4. The van der Waals surface area contributed by atoms with E-state index in [1.165, 1.54) is 23.1 Å². The lowest BCUT2D eigenvalue weighted by molar-refractivity contribution is -0.142. The van der Waals surface area contributed by atoms with Gasteiger partial charge in [-0.1, -0.05) is 15.9 Å². The number of hydrogen-bond donors (Lipinski definition) is 1. The maximum absolute atomic E-state index is 13.4. The van der Waals surface area contributed by atoms with E-state index < -0.39 is 17.8 Å². The Morgan fingerprint density at radius 1 is 1.53 bits per heavy atom. The summed E-state index contributed by atoms with van der Waals surface area (Å²) < 4.78 is 14.1. The van der Waals surface area contributed by atoms with E-state index in [-0.39, 0.29) is 5.56 Å². The Morgan fingerprint density at radius 3 is 2.60 bits per heavy atom. The Kier molecular flexibility index (Phi) is 3.82. The van der Waals surface area contributed by atoms with Gasteiger partial charge in [-0.2, -0.15) is 0 Å². The molecule has 0 bridgehead atoms. The lowest BCUT2D eigenvalue weighted by atomic mass is 10.1. The van der Waals surface area contributed by atoms with Crippen molar-refractivity contribution in [3.05, 3.63) is 34.1 Å². The quantitative estimate of drug-likeness (QED) is 0.920. The minimum atomic E-state index is -1.07. The third-order valence-corrected chi connectivity index (χ3v) is 2.50. The van der Waals surface area contributed by atoms with Crippen molar-refractivity contribution >= 4 is 21.9 Å². The molecular formula is C10H11BrFNO2. The first-order chi connectivity index (χ1) is 6.93. The fourth-order valence-corrected chi connectivity index (χ4v) is 1.74. The molecule has 5 heteroatoms. The molecule has 0 aliphatic carbocycles. The van der Waals surface area contributed by atoms with Crippen LogP contribution in [0.3, 0.4) is 0 Å². The number of carboxylic acids is 1. The summed E-state index contributed by atoms with van der Waals surface area (Å²) in [5.41, 5.74) is 0.155. The van der Waals surface area contributed by atoms with Crippen molar-refractivity contribution in [1.29, 1.82) is 0 Å². The zero-order chi connectivity index (χ0) is 11.6. The molecule has 1 aromatic carbocycles. The number of halogens is 2. The molecule has 3 nitrogen and oxygen atoms in total. The van der Waals surface area contributed by atoms with Gasteiger partial charge in [-0.05, 0) is 32.3 Å². The van der Waals surface area contributed by atoms with Crippen LogP contribution >= 0.6 is 15.9 Å². The molecule has 0 saturated heterocycles. The minimum absolute atomic E-state index is 0.155. The molecule has 0 aliphatic heterocycles. The largest absolute Gasteiger partial charge is 0.480 e. The average Bonchev–Trinajstić information content (AvgIpc) is 2.10. The van der Waals surface area contributed by atoms with Gasteiger partial charge < -0.3 is 5.11 Å². The number of aliphatic carboxylic acids is 1. The highest BCUT2D eigenvalue weighted by atomic mass is 79.9. The summed E-state index contributed by atoms with van der Waals surface area (Å²) in [6.07, 6.45) is 0. The number of carbonyl (C=O) groups is 1. The fourth-order valence-electron chi connectivity index (χ4n) is 1.36. The summed E-state index contributed by atoms with van der Waals surface area (Å²) in [5.74, 6) is -1.59. The van der Waals surface area contributed by atoms with Crippen LogP contribution in [-0.2, 0) is 4.79 Å². The molecule has 0 radical (unpaired) electrons. The van der Waals surface area contributed by atoms with Gasteiger partial charge in [-0.25, -0.2) is 4.39 Å². The van der Waals surface area contributed by atoms with Crippen molar-refractivity contribution in [1.82, 2.24) is 4.90 Å². The zero-order valence-corrected chi connectivity index (χ0v) is 9.95. The summed E-state index contributed by atoms with van der Waals surface area (Å²) in [6.45, 7) is 0. The van der Waals surface area contributed by atoms with Gasteiger partial charge in [0.1, 0.15) is 11.9 Å². The summed E-state index contributed by atoms with van der Waals surface area (Å²) in [6, 6.07) is 3.29. The molecule has 1 N–H and O–H groups in total. The third-order valence-electron chi connectivity index (χ3n) is 2.00. The Bertz CT molecular complexity index is 382. The molecule has 82 valence electrons. The van der Waals surface area contributed by atoms with E-state index >= 15 is 0 Å². The topological polar surface area (TPSA) is 40.5 Å². The van der Waals surface area contributed by atoms with Crippen LogP contribution in [0.1, 0.15) is 11.6 Å². The second-order valence-electron chi connectivity index (χ2n) is 3.37. The summed E-state index contributed by atoms with van der Waals surface area (Å²) in [7, 11) is 3.19. The van der Waals surface area contributed by atoms with Crippen molar-refractivity contribution in [3.63, 3.8) is 0 Å². The van der Waals surface area contributed by atoms with Gasteiger partial charge in [-0.3, -0.25) is 9.69 Å². The second kappa shape index (κ2) is 4.72. The number of benzene rings is 1. The van der Waals surface area contributed by atoms with Gasteiger partial charge in [0.25, 0.3) is 0 Å². The Morgan fingerprint density at radius 2 is 2.13 bits per heavy atom. The Hall–Kier alpha value is -0.940. The van der Waals surface area contributed by atoms with Crippen LogP contribution < -0.4 is 0 Å². The first-order valence-electron chi connectivity index (χ1n) is 4.27. The predicted molar refractivity (Wildman–Crippen MR) is 58.2 cm³/mol. The molecule has 0 saturated carbocycles. The van der Waals surface area contributed by atoms with Crippen molar-refractivity contribution in [2.45, 2.75) is 6.04 Å². The van der Waals surface area contributed by atoms with Crippen LogP contribution in [0.15, 0.2) is 22.7 Å². The van der Waals surface area contributed by atoms with Crippen LogP contribution in [0.25, 0.3) is 0 Å². The van der Waals surface area contributed by atoms with Crippen molar-refractivity contribution in [2.24, 2.45) is 0 Å². The van der Waals surface area contributed by atoms with E-state index in [2.05, 4.69) is 15.9 Å². The number of likely N-dealkylation sites (N-methyl/N-ethyl adjacent to an activating group) is 1. The van der Waals surface area contributed by atoms with E-state index in [9.17, 15) is 9.18 Å². The minimum Gasteiger partial charge on any atom is -0.480 e. The molecule has 1 atom stereocenters. The van der Waals surface area contributed by atoms with Crippen LogP contribution in [0.5, 0.6) is 0 Å². The first kappa shape index (κ1) is 12.1. The summed E-state index contributed by atoms with van der Waals surface area (Å²) >= 11 is 3.18. The highest BCUT2D eigenvalue weighted by molar-refractivity contribution is 9.10. The van der Waals surface area contributed by atoms with Gasteiger partial charge in [0.2, 0.25) is 0 Å². The van der Waals surface area contributed by atoms with Crippen molar-refractivity contribution in [3.8, 4) is 0 Å². The average molecular weight is 276 g/mol. The molecule has 0 amide bonds. The molecule has 1 aromatic rings.